The zero-order chi connectivity index (χ0) is 20.0. The lowest BCUT2D eigenvalue weighted by Crippen LogP contribution is -2.45. The Morgan fingerprint density at radius 2 is 1.41 bits per heavy atom. The molecule has 0 bridgehead atoms. The van der Waals surface area contributed by atoms with Crippen LogP contribution >= 0.6 is 15.9 Å². The molecule has 0 aliphatic carbocycles. The average Bonchev–Trinajstić information content (AvgIpc) is 3.21. The smallest absolute Gasteiger partial charge is 0.264 e. The van der Waals surface area contributed by atoms with Crippen molar-refractivity contribution in [2.75, 3.05) is 0 Å². The summed E-state index contributed by atoms with van der Waals surface area (Å²) in [6.07, 6.45) is 1.97. The van der Waals surface area contributed by atoms with Crippen LogP contribution in [0.3, 0.4) is 0 Å². The third-order valence-electron chi connectivity index (χ3n) is 5.22. The molecule has 2 amide bonds. The molecule has 0 saturated carbocycles. The summed E-state index contributed by atoms with van der Waals surface area (Å²) < 4.78 is 5.13. The number of carbonyl (C=O) groups is 2. The van der Waals surface area contributed by atoms with E-state index in [9.17, 15) is 9.59 Å². The SMILES string of the molecule is O=C1c2ccccc2C(=O)N1C[n+]1cn(Cc2ccc(Br)cc2)c2ccccc21. The van der Waals surface area contributed by atoms with E-state index in [1.807, 2.05) is 47.3 Å². The van der Waals surface area contributed by atoms with E-state index in [2.05, 4.69) is 32.6 Å². The van der Waals surface area contributed by atoms with Gasteiger partial charge in [-0.15, -0.1) is 0 Å². The van der Waals surface area contributed by atoms with Gasteiger partial charge in [0, 0.05) is 4.47 Å². The Bertz CT molecular complexity index is 1230. The molecule has 0 unspecified atom stereocenters. The monoisotopic (exact) mass is 446 g/mol. The van der Waals surface area contributed by atoms with Crippen LogP contribution in [0.4, 0.5) is 0 Å². The Kier molecular flexibility index (Phi) is 4.28. The predicted molar refractivity (Wildman–Crippen MR) is 112 cm³/mol. The molecule has 0 spiro atoms. The molecule has 0 N–H and O–H groups in total. The van der Waals surface area contributed by atoms with Crippen LogP contribution in [-0.4, -0.2) is 21.3 Å². The van der Waals surface area contributed by atoms with E-state index in [1.165, 1.54) is 10.5 Å². The van der Waals surface area contributed by atoms with E-state index in [-0.39, 0.29) is 18.5 Å². The van der Waals surface area contributed by atoms with Crippen LogP contribution in [-0.2, 0) is 13.2 Å². The summed E-state index contributed by atoms with van der Waals surface area (Å²) >= 11 is 3.47. The maximum Gasteiger partial charge on any atom is 0.264 e. The lowest BCUT2D eigenvalue weighted by molar-refractivity contribution is -0.685. The lowest BCUT2D eigenvalue weighted by atomic mass is 10.1. The van der Waals surface area contributed by atoms with Gasteiger partial charge in [-0.3, -0.25) is 9.59 Å². The molecule has 1 aliphatic rings. The number of aromatic nitrogens is 2. The van der Waals surface area contributed by atoms with E-state index >= 15 is 0 Å². The molecule has 0 fully saturated rings. The number of hydrogen-bond acceptors (Lipinski definition) is 2. The van der Waals surface area contributed by atoms with Crippen molar-refractivity contribution in [3.63, 3.8) is 0 Å². The van der Waals surface area contributed by atoms with Gasteiger partial charge in [-0.2, -0.15) is 0 Å². The molecule has 29 heavy (non-hydrogen) atoms. The summed E-state index contributed by atoms with van der Waals surface area (Å²) in [5, 5.41) is 0. The minimum absolute atomic E-state index is 0.181. The molecule has 3 aromatic carbocycles. The average molecular weight is 447 g/mol. The van der Waals surface area contributed by atoms with E-state index in [0.717, 1.165) is 15.5 Å². The lowest BCUT2D eigenvalue weighted by Gasteiger charge is -2.11. The fourth-order valence-electron chi connectivity index (χ4n) is 3.79. The van der Waals surface area contributed by atoms with Crippen molar-refractivity contribution in [2.45, 2.75) is 13.2 Å². The second kappa shape index (κ2) is 6.97. The van der Waals surface area contributed by atoms with E-state index in [0.29, 0.717) is 17.7 Å². The Labute approximate surface area is 175 Å². The van der Waals surface area contributed by atoms with Crippen molar-refractivity contribution in [2.24, 2.45) is 0 Å². The Morgan fingerprint density at radius 1 is 0.793 bits per heavy atom. The van der Waals surface area contributed by atoms with Gasteiger partial charge in [-0.05, 0) is 42.0 Å². The predicted octanol–water partition coefficient (Wildman–Crippen LogP) is 3.99. The number of amides is 2. The topological polar surface area (TPSA) is 46.2 Å². The molecular weight excluding hydrogens is 430 g/mol. The Hall–Kier alpha value is -3.25. The molecule has 2 heterocycles. The van der Waals surface area contributed by atoms with Gasteiger partial charge in [0.05, 0.1) is 11.1 Å². The minimum atomic E-state index is -0.247. The largest absolute Gasteiger partial charge is 0.268 e. The maximum absolute atomic E-state index is 12.8. The zero-order valence-corrected chi connectivity index (χ0v) is 17.0. The van der Waals surface area contributed by atoms with Crippen molar-refractivity contribution in [1.82, 2.24) is 9.47 Å². The standard InChI is InChI=1S/C23H17BrN3O2/c24-17-11-9-16(10-12-17)13-25-14-26(21-8-4-3-7-20(21)25)15-27-22(28)18-5-1-2-6-19(18)23(27)29/h1-12,14H,13,15H2/q+1. The third-order valence-corrected chi connectivity index (χ3v) is 5.75. The van der Waals surface area contributed by atoms with Crippen LogP contribution in [0.25, 0.3) is 11.0 Å². The van der Waals surface area contributed by atoms with Gasteiger partial charge in [0.15, 0.2) is 17.7 Å². The molecule has 4 aromatic rings. The Balaban J connectivity index is 1.51. The van der Waals surface area contributed by atoms with Crippen LogP contribution in [0, 0.1) is 0 Å². The molecule has 1 aliphatic heterocycles. The van der Waals surface area contributed by atoms with Crippen molar-refractivity contribution >= 4 is 38.8 Å². The second-order valence-corrected chi connectivity index (χ2v) is 7.97. The van der Waals surface area contributed by atoms with Gasteiger partial charge in [-0.25, -0.2) is 14.0 Å². The van der Waals surface area contributed by atoms with Gasteiger partial charge in [0.25, 0.3) is 11.8 Å². The molecule has 5 nitrogen and oxygen atoms in total. The van der Waals surface area contributed by atoms with Gasteiger partial charge in [0.2, 0.25) is 6.33 Å². The number of hydrogen-bond donors (Lipinski definition) is 0. The fourth-order valence-corrected chi connectivity index (χ4v) is 4.05. The van der Waals surface area contributed by atoms with Crippen LogP contribution in [0.15, 0.2) is 83.6 Å². The highest BCUT2D eigenvalue weighted by Crippen LogP contribution is 2.23. The highest BCUT2D eigenvalue weighted by atomic mass is 79.9. The summed E-state index contributed by atoms with van der Waals surface area (Å²) in [6.45, 7) is 0.878. The first kappa shape index (κ1) is 17.8. The fraction of sp³-hybridized carbons (Fsp3) is 0.0870. The number of carbonyl (C=O) groups excluding carboxylic acids is 2. The molecule has 6 heteroatoms. The summed E-state index contributed by atoms with van der Waals surface area (Å²) in [7, 11) is 0. The normalized spacial score (nSPS) is 13.3. The number of nitrogens with zero attached hydrogens (tertiary/aromatic N) is 3. The quantitative estimate of drug-likeness (QED) is 0.351. The first-order chi connectivity index (χ1) is 14.1. The molecule has 0 saturated heterocycles. The van der Waals surface area contributed by atoms with Crippen LogP contribution in [0.5, 0.6) is 0 Å². The second-order valence-electron chi connectivity index (χ2n) is 7.05. The molecule has 142 valence electrons. The summed E-state index contributed by atoms with van der Waals surface area (Å²) in [5.41, 5.74) is 4.13. The van der Waals surface area contributed by atoms with Crippen molar-refractivity contribution in [1.29, 1.82) is 0 Å². The summed E-state index contributed by atoms with van der Waals surface area (Å²) in [4.78, 5) is 26.8. The van der Waals surface area contributed by atoms with Crippen LogP contribution in [0.2, 0.25) is 0 Å². The van der Waals surface area contributed by atoms with Crippen molar-refractivity contribution < 1.29 is 14.2 Å². The molecule has 0 atom stereocenters. The molecule has 1 aromatic heterocycles. The maximum atomic E-state index is 12.8. The summed E-state index contributed by atoms with van der Waals surface area (Å²) in [6, 6.07) is 23.2. The summed E-state index contributed by atoms with van der Waals surface area (Å²) in [5.74, 6) is -0.495. The van der Waals surface area contributed by atoms with Gasteiger partial charge < -0.3 is 0 Å². The number of halogens is 1. The van der Waals surface area contributed by atoms with Crippen molar-refractivity contribution in [3.05, 3.63) is 100 Å². The highest BCUT2D eigenvalue weighted by Gasteiger charge is 2.36. The molecule has 0 radical (unpaired) electrons. The van der Waals surface area contributed by atoms with Crippen LogP contribution in [0.1, 0.15) is 26.3 Å². The number of para-hydroxylation sites is 2. The van der Waals surface area contributed by atoms with E-state index in [1.54, 1.807) is 24.3 Å². The van der Waals surface area contributed by atoms with Gasteiger partial charge in [0.1, 0.15) is 6.54 Å². The molecule has 5 rings (SSSR count). The van der Waals surface area contributed by atoms with Gasteiger partial charge >= 0.3 is 0 Å². The number of imidazole rings is 1. The number of imide groups is 1. The number of benzene rings is 3. The first-order valence-corrected chi connectivity index (χ1v) is 10.1. The number of rotatable bonds is 4. The Morgan fingerprint density at radius 3 is 2.10 bits per heavy atom. The number of fused-ring (bicyclic) bond motifs is 2. The first-order valence-electron chi connectivity index (χ1n) is 9.29. The highest BCUT2D eigenvalue weighted by molar-refractivity contribution is 9.10. The van der Waals surface area contributed by atoms with E-state index in [4.69, 9.17) is 0 Å². The van der Waals surface area contributed by atoms with E-state index < -0.39 is 0 Å². The minimum Gasteiger partial charge on any atom is -0.268 e. The zero-order valence-electron chi connectivity index (χ0n) is 15.5. The molecular formula is C23H17BrN3O2+. The van der Waals surface area contributed by atoms with Crippen LogP contribution < -0.4 is 4.57 Å². The van der Waals surface area contributed by atoms with Crippen molar-refractivity contribution in [3.8, 4) is 0 Å². The van der Waals surface area contributed by atoms with Gasteiger partial charge in [-0.1, -0.05) is 52.3 Å². The third kappa shape index (κ3) is 3.06.